The fraction of sp³-hybridized carbons (Fsp3) is 0.667. The van der Waals surface area contributed by atoms with Crippen LogP contribution in [0.1, 0.15) is 44.6 Å². The minimum Gasteiger partial charge on any atom is -0.464 e. The molecule has 0 atom stereocenters. The minimum absolute atomic E-state index is 0.192. The Morgan fingerprint density at radius 2 is 2.21 bits per heavy atom. The molecule has 0 aromatic carbocycles. The zero-order valence-corrected chi connectivity index (χ0v) is 12.1. The summed E-state index contributed by atoms with van der Waals surface area (Å²) in [6.07, 6.45) is 3.08. The number of nitrogens with one attached hydrogen (secondary N) is 1. The predicted octanol–water partition coefficient (Wildman–Crippen LogP) is 2.47. The van der Waals surface area contributed by atoms with Gasteiger partial charge in [0.15, 0.2) is 0 Å². The van der Waals surface area contributed by atoms with Gasteiger partial charge in [-0.15, -0.1) is 0 Å². The Hall–Kier alpha value is -1.29. The van der Waals surface area contributed by atoms with Crippen molar-refractivity contribution in [2.75, 3.05) is 6.54 Å². The van der Waals surface area contributed by atoms with Crippen LogP contribution in [0.2, 0.25) is 0 Å². The van der Waals surface area contributed by atoms with Gasteiger partial charge < -0.3 is 14.6 Å². The molecule has 2 rings (SSSR count). The summed E-state index contributed by atoms with van der Waals surface area (Å²) in [5, 5.41) is 3.38. The summed E-state index contributed by atoms with van der Waals surface area (Å²) in [5.74, 6) is 1.94. The van der Waals surface area contributed by atoms with Gasteiger partial charge in [0.2, 0.25) is 5.91 Å². The third-order valence-electron chi connectivity index (χ3n) is 3.42. The van der Waals surface area contributed by atoms with Gasteiger partial charge in [-0.25, -0.2) is 0 Å². The molecule has 1 heterocycles. The molecule has 1 fully saturated rings. The molecule has 1 aromatic heterocycles. The van der Waals surface area contributed by atoms with E-state index in [0.29, 0.717) is 19.0 Å². The number of hydrogen-bond acceptors (Lipinski definition) is 3. The van der Waals surface area contributed by atoms with Crippen molar-refractivity contribution in [1.29, 1.82) is 0 Å². The molecule has 4 heteroatoms. The largest absolute Gasteiger partial charge is 0.464 e. The molecule has 1 aliphatic carbocycles. The Morgan fingerprint density at radius 3 is 2.74 bits per heavy atom. The highest BCUT2D eigenvalue weighted by atomic mass is 16.3. The van der Waals surface area contributed by atoms with E-state index in [9.17, 15) is 4.79 Å². The zero-order valence-electron chi connectivity index (χ0n) is 12.1. The Morgan fingerprint density at radius 1 is 1.47 bits per heavy atom. The average Bonchev–Trinajstić information content (AvgIpc) is 3.07. The van der Waals surface area contributed by atoms with Gasteiger partial charge in [0.05, 0.1) is 6.54 Å². The van der Waals surface area contributed by atoms with Crippen LogP contribution >= 0.6 is 0 Å². The number of hydrogen-bond donors (Lipinski definition) is 1. The molecule has 1 aromatic rings. The van der Waals surface area contributed by atoms with Crippen molar-refractivity contribution < 1.29 is 9.21 Å². The van der Waals surface area contributed by atoms with Crippen LogP contribution in [0.3, 0.4) is 0 Å². The summed E-state index contributed by atoms with van der Waals surface area (Å²) >= 11 is 0. The summed E-state index contributed by atoms with van der Waals surface area (Å²) in [5.41, 5.74) is 0. The maximum atomic E-state index is 12.2. The van der Waals surface area contributed by atoms with Crippen molar-refractivity contribution in [3.8, 4) is 0 Å². The highest BCUT2D eigenvalue weighted by Gasteiger charge is 2.22. The zero-order chi connectivity index (χ0) is 13.8. The molecule has 1 N–H and O–H groups in total. The Kier molecular flexibility index (Phi) is 4.64. The van der Waals surface area contributed by atoms with Gasteiger partial charge in [-0.3, -0.25) is 4.79 Å². The Labute approximate surface area is 115 Å². The normalized spacial score (nSPS) is 14.9. The molecule has 0 unspecified atom stereocenters. The molecule has 0 radical (unpaired) electrons. The van der Waals surface area contributed by atoms with Crippen LogP contribution in [0, 0.1) is 6.92 Å². The number of carbonyl (C=O) groups excluding carboxylic acids is 1. The molecule has 106 valence electrons. The molecule has 1 aliphatic rings. The van der Waals surface area contributed by atoms with E-state index < -0.39 is 0 Å². The highest BCUT2D eigenvalue weighted by molar-refractivity contribution is 5.76. The van der Waals surface area contributed by atoms with Crippen LogP contribution in [0.25, 0.3) is 0 Å². The monoisotopic (exact) mass is 264 g/mol. The summed E-state index contributed by atoms with van der Waals surface area (Å²) in [6.45, 7) is 7.35. The lowest BCUT2D eigenvalue weighted by Gasteiger charge is -2.26. The second-order valence-electron chi connectivity index (χ2n) is 5.61. The Bertz CT molecular complexity index is 422. The molecule has 4 nitrogen and oxygen atoms in total. The first-order chi connectivity index (χ1) is 9.06. The second kappa shape index (κ2) is 6.24. The quantitative estimate of drug-likeness (QED) is 0.823. The predicted molar refractivity (Wildman–Crippen MR) is 74.8 cm³/mol. The van der Waals surface area contributed by atoms with Crippen LogP contribution < -0.4 is 5.32 Å². The summed E-state index contributed by atoms with van der Waals surface area (Å²) < 4.78 is 5.56. The van der Waals surface area contributed by atoms with Crippen molar-refractivity contribution >= 4 is 5.91 Å². The first-order valence-electron chi connectivity index (χ1n) is 7.14. The smallest absolute Gasteiger partial charge is 0.224 e. The summed E-state index contributed by atoms with van der Waals surface area (Å²) in [7, 11) is 0. The molecule has 1 amide bonds. The van der Waals surface area contributed by atoms with Gasteiger partial charge in [-0.1, -0.05) is 0 Å². The van der Waals surface area contributed by atoms with Gasteiger partial charge in [-0.2, -0.15) is 0 Å². The van der Waals surface area contributed by atoms with E-state index in [-0.39, 0.29) is 11.9 Å². The van der Waals surface area contributed by atoms with Crippen molar-refractivity contribution in [3.05, 3.63) is 23.7 Å². The maximum absolute atomic E-state index is 12.2. The Balaban J connectivity index is 1.84. The number of rotatable bonds is 7. The van der Waals surface area contributed by atoms with Gasteiger partial charge in [0, 0.05) is 25.0 Å². The fourth-order valence-electron chi connectivity index (χ4n) is 2.11. The number of furan rings is 1. The first-order valence-corrected chi connectivity index (χ1v) is 7.14. The molecular weight excluding hydrogens is 240 g/mol. The van der Waals surface area contributed by atoms with Gasteiger partial charge >= 0.3 is 0 Å². The summed E-state index contributed by atoms with van der Waals surface area (Å²) in [6, 6.07) is 4.74. The summed E-state index contributed by atoms with van der Waals surface area (Å²) in [4.78, 5) is 14.1. The van der Waals surface area contributed by atoms with Crippen LogP contribution in [0.15, 0.2) is 16.5 Å². The lowest BCUT2D eigenvalue weighted by molar-refractivity contribution is -0.133. The first kappa shape index (κ1) is 14.1. The molecule has 0 aliphatic heterocycles. The van der Waals surface area contributed by atoms with E-state index in [1.165, 1.54) is 12.8 Å². The van der Waals surface area contributed by atoms with Crippen molar-refractivity contribution in [2.45, 2.75) is 58.7 Å². The van der Waals surface area contributed by atoms with E-state index in [0.717, 1.165) is 18.1 Å². The van der Waals surface area contributed by atoms with Crippen molar-refractivity contribution in [3.63, 3.8) is 0 Å². The van der Waals surface area contributed by atoms with Gasteiger partial charge in [0.25, 0.3) is 0 Å². The van der Waals surface area contributed by atoms with E-state index >= 15 is 0 Å². The third kappa shape index (κ3) is 4.39. The topological polar surface area (TPSA) is 45.5 Å². The number of aryl methyl sites for hydroxylation is 1. The standard InChI is InChI=1S/C15H24N2O2/c1-11(2)17(10-14-7-4-12(3)19-14)15(18)8-9-16-13-5-6-13/h4,7,11,13,16H,5-6,8-10H2,1-3H3. The molecular formula is C15H24N2O2. The van der Waals surface area contributed by atoms with Crippen molar-refractivity contribution in [2.24, 2.45) is 0 Å². The number of nitrogens with zero attached hydrogens (tertiary/aromatic N) is 1. The molecule has 19 heavy (non-hydrogen) atoms. The van der Waals surface area contributed by atoms with Crippen molar-refractivity contribution in [1.82, 2.24) is 10.2 Å². The minimum atomic E-state index is 0.192. The average molecular weight is 264 g/mol. The van der Waals surface area contributed by atoms with Crippen LogP contribution in [0.5, 0.6) is 0 Å². The van der Waals surface area contributed by atoms with Gasteiger partial charge in [0.1, 0.15) is 11.5 Å². The van der Waals surface area contributed by atoms with Crippen LogP contribution in [-0.2, 0) is 11.3 Å². The number of amides is 1. The highest BCUT2D eigenvalue weighted by Crippen LogP contribution is 2.18. The maximum Gasteiger partial charge on any atom is 0.224 e. The second-order valence-corrected chi connectivity index (χ2v) is 5.61. The van der Waals surface area contributed by atoms with Gasteiger partial charge in [-0.05, 0) is 45.7 Å². The third-order valence-corrected chi connectivity index (χ3v) is 3.42. The number of carbonyl (C=O) groups is 1. The SMILES string of the molecule is Cc1ccc(CN(C(=O)CCNC2CC2)C(C)C)o1. The van der Waals surface area contributed by atoms with E-state index in [2.05, 4.69) is 5.32 Å². The fourth-order valence-corrected chi connectivity index (χ4v) is 2.11. The molecule has 0 bridgehead atoms. The molecule has 0 saturated heterocycles. The molecule has 1 saturated carbocycles. The van der Waals surface area contributed by atoms with E-state index in [1.807, 2.05) is 37.8 Å². The molecule has 0 spiro atoms. The lowest BCUT2D eigenvalue weighted by Crippen LogP contribution is -2.38. The lowest BCUT2D eigenvalue weighted by atomic mass is 10.2. The van der Waals surface area contributed by atoms with E-state index in [4.69, 9.17) is 4.42 Å². The van der Waals surface area contributed by atoms with E-state index in [1.54, 1.807) is 0 Å². The van der Waals surface area contributed by atoms with Crippen LogP contribution in [0.4, 0.5) is 0 Å². The van der Waals surface area contributed by atoms with Crippen LogP contribution in [-0.4, -0.2) is 29.4 Å².